The van der Waals surface area contributed by atoms with Crippen LogP contribution in [0.5, 0.6) is 0 Å². The van der Waals surface area contributed by atoms with Crippen LogP contribution < -0.4 is 11.1 Å². The average Bonchev–Trinajstić information content (AvgIpc) is 2.83. The molecule has 0 aromatic carbocycles. The van der Waals surface area contributed by atoms with E-state index >= 15 is 0 Å². The Morgan fingerprint density at radius 2 is 1.90 bits per heavy atom. The Labute approximate surface area is 122 Å². The summed E-state index contributed by atoms with van der Waals surface area (Å²) in [6, 6.07) is 0.219. The first-order valence-corrected chi connectivity index (χ1v) is 7.85. The van der Waals surface area contributed by atoms with Gasteiger partial charge in [0, 0.05) is 50.2 Å². The molecule has 116 valence electrons. The fourth-order valence-electron chi connectivity index (χ4n) is 3.23. The minimum absolute atomic E-state index is 0.0254. The number of nitrogens with one attached hydrogen (secondary N) is 1. The zero-order chi connectivity index (χ0) is 14.8. The van der Waals surface area contributed by atoms with E-state index in [9.17, 15) is 4.79 Å². The second-order valence-corrected chi connectivity index (χ2v) is 7.09. The molecule has 2 atom stereocenters. The molecule has 0 radical (unpaired) electrons. The van der Waals surface area contributed by atoms with Crippen LogP contribution in [0.2, 0.25) is 0 Å². The first kappa shape index (κ1) is 15.7. The molecule has 0 aromatic heterocycles. The first-order valence-electron chi connectivity index (χ1n) is 7.85. The van der Waals surface area contributed by atoms with Crippen molar-refractivity contribution in [2.24, 2.45) is 11.7 Å². The monoisotopic (exact) mass is 282 g/mol. The summed E-state index contributed by atoms with van der Waals surface area (Å²) in [6.07, 6.45) is 2.78. The highest BCUT2D eigenvalue weighted by atomic mass is 16.1. The third kappa shape index (κ3) is 3.93. The molecule has 1 aliphatic carbocycles. The maximum atomic E-state index is 12.2. The molecule has 0 bridgehead atoms. The lowest BCUT2D eigenvalue weighted by Gasteiger charge is -2.43. The zero-order valence-electron chi connectivity index (χ0n) is 13.2. The van der Waals surface area contributed by atoms with Crippen molar-refractivity contribution in [2.45, 2.75) is 44.7 Å². The van der Waals surface area contributed by atoms with Gasteiger partial charge in [-0.3, -0.25) is 9.69 Å². The van der Waals surface area contributed by atoms with Crippen molar-refractivity contribution in [2.75, 3.05) is 39.8 Å². The third-order valence-electron chi connectivity index (χ3n) is 4.90. The molecule has 2 unspecified atom stereocenters. The van der Waals surface area contributed by atoms with E-state index in [-0.39, 0.29) is 23.4 Å². The topological polar surface area (TPSA) is 61.6 Å². The minimum atomic E-state index is 0.0254. The largest absolute Gasteiger partial charge is 0.354 e. The maximum Gasteiger partial charge on any atom is 0.223 e. The van der Waals surface area contributed by atoms with Crippen LogP contribution in [0.3, 0.4) is 0 Å². The second-order valence-electron chi connectivity index (χ2n) is 7.09. The molecule has 5 heteroatoms. The molecule has 2 aliphatic rings. The number of hydrogen-bond acceptors (Lipinski definition) is 4. The van der Waals surface area contributed by atoms with E-state index in [1.165, 1.54) is 0 Å². The Hall–Kier alpha value is -0.650. The number of rotatable bonds is 4. The van der Waals surface area contributed by atoms with E-state index in [4.69, 9.17) is 5.73 Å². The molecule has 5 nitrogen and oxygen atoms in total. The van der Waals surface area contributed by atoms with E-state index in [0.717, 1.165) is 52.0 Å². The van der Waals surface area contributed by atoms with Crippen LogP contribution in [0.15, 0.2) is 0 Å². The SMILES string of the molecule is CN1CCN(C(C)(C)CNC(=O)C2CCC(N)C2)CC1. The highest BCUT2D eigenvalue weighted by molar-refractivity contribution is 5.79. The van der Waals surface area contributed by atoms with Crippen LogP contribution in [0.25, 0.3) is 0 Å². The molecule has 1 saturated carbocycles. The molecule has 1 amide bonds. The van der Waals surface area contributed by atoms with Crippen LogP contribution in [-0.4, -0.2) is 67.1 Å². The summed E-state index contributed by atoms with van der Waals surface area (Å²) in [7, 11) is 2.16. The van der Waals surface area contributed by atoms with Gasteiger partial charge in [-0.25, -0.2) is 0 Å². The Morgan fingerprint density at radius 3 is 2.45 bits per heavy atom. The standard InChI is InChI=1S/C15H30N4O/c1-15(2,19-8-6-18(3)7-9-19)11-17-14(20)12-4-5-13(16)10-12/h12-13H,4-11,16H2,1-3H3,(H,17,20). The Morgan fingerprint density at radius 1 is 1.25 bits per heavy atom. The van der Waals surface area contributed by atoms with Crippen molar-refractivity contribution in [3.63, 3.8) is 0 Å². The summed E-state index contributed by atoms with van der Waals surface area (Å²) >= 11 is 0. The highest BCUT2D eigenvalue weighted by Crippen LogP contribution is 2.24. The van der Waals surface area contributed by atoms with Gasteiger partial charge in [-0.1, -0.05) is 0 Å². The van der Waals surface area contributed by atoms with Gasteiger partial charge in [0.05, 0.1) is 0 Å². The summed E-state index contributed by atoms with van der Waals surface area (Å²) in [5.74, 6) is 0.327. The van der Waals surface area contributed by atoms with Gasteiger partial charge in [0.25, 0.3) is 0 Å². The molecule has 3 N–H and O–H groups in total. The third-order valence-corrected chi connectivity index (χ3v) is 4.90. The van der Waals surface area contributed by atoms with E-state index in [1.54, 1.807) is 0 Å². The van der Waals surface area contributed by atoms with Crippen molar-refractivity contribution in [3.8, 4) is 0 Å². The summed E-state index contributed by atoms with van der Waals surface area (Å²) in [4.78, 5) is 17.0. The number of carbonyl (C=O) groups excluding carboxylic acids is 1. The molecular weight excluding hydrogens is 252 g/mol. The lowest BCUT2D eigenvalue weighted by atomic mass is 10.0. The molecule has 0 spiro atoms. The molecule has 1 heterocycles. The summed E-state index contributed by atoms with van der Waals surface area (Å²) in [6.45, 7) is 9.53. The Bertz CT molecular complexity index is 337. The van der Waals surface area contributed by atoms with Crippen molar-refractivity contribution in [1.82, 2.24) is 15.1 Å². The van der Waals surface area contributed by atoms with Crippen LogP contribution >= 0.6 is 0 Å². The molecule has 2 fully saturated rings. The van der Waals surface area contributed by atoms with Crippen molar-refractivity contribution in [3.05, 3.63) is 0 Å². The van der Waals surface area contributed by atoms with Crippen molar-refractivity contribution < 1.29 is 4.79 Å². The zero-order valence-corrected chi connectivity index (χ0v) is 13.2. The number of likely N-dealkylation sites (N-methyl/N-ethyl adjacent to an activating group) is 1. The van der Waals surface area contributed by atoms with E-state index in [0.29, 0.717) is 0 Å². The smallest absolute Gasteiger partial charge is 0.223 e. The number of nitrogens with two attached hydrogens (primary N) is 1. The van der Waals surface area contributed by atoms with Gasteiger partial charge in [-0.05, 0) is 40.2 Å². The summed E-state index contributed by atoms with van der Waals surface area (Å²) < 4.78 is 0. The normalized spacial score (nSPS) is 29.6. The molecule has 0 aromatic rings. The van der Waals surface area contributed by atoms with Gasteiger partial charge < -0.3 is 16.0 Å². The fourth-order valence-corrected chi connectivity index (χ4v) is 3.23. The van der Waals surface area contributed by atoms with Gasteiger partial charge in [-0.15, -0.1) is 0 Å². The Kier molecular flexibility index (Phi) is 5.04. The summed E-state index contributed by atoms with van der Waals surface area (Å²) in [5, 5.41) is 3.14. The van der Waals surface area contributed by atoms with E-state index < -0.39 is 0 Å². The lowest BCUT2D eigenvalue weighted by Crippen LogP contribution is -2.58. The molecule has 1 saturated heterocycles. The molecule has 2 rings (SSSR count). The number of amides is 1. The number of nitrogens with zero attached hydrogens (tertiary/aromatic N) is 2. The average molecular weight is 282 g/mol. The van der Waals surface area contributed by atoms with Gasteiger partial charge in [0.2, 0.25) is 5.91 Å². The van der Waals surface area contributed by atoms with Crippen molar-refractivity contribution in [1.29, 1.82) is 0 Å². The van der Waals surface area contributed by atoms with Crippen LogP contribution in [-0.2, 0) is 4.79 Å². The maximum absolute atomic E-state index is 12.2. The number of carbonyl (C=O) groups is 1. The second kappa shape index (κ2) is 6.41. The van der Waals surface area contributed by atoms with Crippen LogP contribution in [0.1, 0.15) is 33.1 Å². The molecule has 20 heavy (non-hydrogen) atoms. The predicted molar refractivity (Wildman–Crippen MR) is 81.5 cm³/mol. The summed E-state index contributed by atoms with van der Waals surface area (Å²) in [5.41, 5.74) is 5.91. The predicted octanol–water partition coefficient (Wildman–Crippen LogP) is 0.256. The first-order chi connectivity index (χ1) is 9.38. The van der Waals surface area contributed by atoms with Gasteiger partial charge >= 0.3 is 0 Å². The minimum Gasteiger partial charge on any atom is -0.354 e. The molecular formula is C15H30N4O. The van der Waals surface area contributed by atoms with Gasteiger partial charge in [0.15, 0.2) is 0 Å². The quantitative estimate of drug-likeness (QED) is 0.776. The molecule has 1 aliphatic heterocycles. The van der Waals surface area contributed by atoms with Gasteiger partial charge in [-0.2, -0.15) is 0 Å². The number of piperazine rings is 1. The van der Waals surface area contributed by atoms with Gasteiger partial charge in [0.1, 0.15) is 0 Å². The fraction of sp³-hybridized carbons (Fsp3) is 0.933. The van der Waals surface area contributed by atoms with Crippen LogP contribution in [0, 0.1) is 5.92 Å². The van der Waals surface area contributed by atoms with Crippen LogP contribution in [0.4, 0.5) is 0 Å². The van der Waals surface area contributed by atoms with E-state index in [2.05, 4.69) is 36.0 Å². The lowest BCUT2D eigenvalue weighted by molar-refractivity contribution is -0.125. The van der Waals surface area contributed by atoms with Crippen molar-refractivity contribution >= 4 is 5.91 Å². The number of hydrogen-bond donors (Lipinski definition) is 2. The Balaban J connectivity index is 1.78. The highest BCUT2D eigenvalue weighted by Gasteiger charge is 2.32. The van der Waals surface area contributed by atoms with E-state index in [1.807, 2.05) is 0 Å².